The van der Waals surface area contributed by atoms with Crippen LogP contribution in [-0.4, -0.2) is 31.3 Å². The second-order valence-electron chi connectivity index (χ2n) is 4.61. The molecule has 5 nitrogen and oxygen atoms in total. The van der Waals surface area contributed by atoms with Gasteiger partial charge < -0.3 is 20.9 Å². The number of ether oxygens (including phenoxy) is 1. The lowest BCUT2D eigenvalue weighted by Gasteiger charge is -2.13. The molecule has 0 aromatic heterocycles. The van der Waals surface area contributed by atoms with Crippen molar-refractivity contribution in [2.24, 2.45) is 0 Å². The van der Waals surface area contributed by atoms with Crippen LogP contribution >= 0.6 is 0 Å². The number of carbonyl (C=O) groups is 1. The molecule has 0 unspecified atom stereocenters. The van der Waals surface area contributed by atoms with Crippen molar-refractivity contribution in [1.82, 2.24) is 0 Å². The van der Waals surface area contributed by atoms with Crippen LogP contribution in [0.3, 0.4) is 0 Å². The number of hydrogen-bond donors (Lipinski definition) is 3. The lowest BCUT2D eigenvalue weighted by Crippen LogP contribution is -2.08. The van der Waals surface area contributed by atoms with E-state index in [2.05, 4.69) is 5.32 Å². The average molecular weight is 286 g/mol. The zero-order valence-electron chi connectivity index (χ0n) is 11.8. The summed E-state index contributed by atoms with van der Waals surface area (Å²) in [6.07, 6.45) is 0. The van der Waals surface area contributed by atoms with E-state index in [0.717, 1.165) is 16.8 Å². The summed E-state index contributed by atoms with van der Waals surface area (Å²) in [5.41, 5.74) is 9.55. The molecule has 0 fully saturated rings. The maximum absolute atomic E-state index is 10.9. The molecule has 4 N–H and O–H groups in total. The smallest absolute Gasteiger partial charge is 0.335 e. The number of rotatable bonds is 6. The van der Waals surface area contributed by atoms with Crippen LogP contribution in [0.5, 0.6) is 0 Å². The summed E-state index contributed by atoms with van der Waals surface area (Å²) in [7, 11) is 1.65. The standard InChI is InChI=1S/C16H18N2O3/c1-21-9-8-18-15-7-6-13(17)10-14(15)11-2-4-12(5-3-11)16(19)20/h2-7,10,18H,8-9,17H2,1H3,(H,19,20). The molecular formula is C16H18N2O3. The van der Waals surface area contributed by atoms with Crippen LogP contribution in [0, 0.1) is 0 Å². The van der Waals surface area contributed by atoms with E-state index in [4.69, 9.17) is 15.6 Å². The minimum Gasteiger partial charge on any atom is -0.478 e. The Morgan fingerprint density at radius 1 is 1.24 bits per heavy atom. The maximum Gasteiger partial charge on any atom is 0.335 e. The molecule has 0 saturated carbocycles. The van der Waals surface area contributed by atoms with Crippen LogP contribution in [-0.2, 0) is 4.74 Å². The monoisotopic (exact) mass is 286 g/mol. The Kier molecular flexibility index (Phi) is 4.79. The Morgan fingerprint density at radius 2 is 1.95 bits per heavy atom. The molecule has 0 spiro atoms. The van der Waals surface area contributed by atoms with Crippen molar-refractivity contribution in [2.45, 2.75) is 0 Å². The van der Waals surface area contributed by atoms with Crippen molar-refractivity contribution >= 4 is 17.3 Å². The van der Waals surface area contributed by atoms with Gasteiger partial charge in [0.2, 0.25) is 0 Å². The third kappa shape index (κ3) is 3.73. The molecule has 21 heavy (non-hydrogen) atoms. The zero-order valence-corrected chi connectivity index (χ0v) is 11.8. The summed E-state index contributed by atoms with van der Waals surface area (Å²) in [6.45, 7) is 1.28. The van der Waals surface area contributed by atoms with Gasteiger partial charge >= 0.3 is 5.97 Å². The number of nitrogens with one attached hydrogen (secondary N) is 1. The number of carboxylic acid groups (broad SMARTS) is 1. The lowest BCUT2D eigenvalue weighted by molar-refractivity contribution is 0.0697. The highest BCUT2D eigenvalue weighted by atomic mass is 16.5. The van der Waals surface area contributed by atoms with Gasteiger partial charge in [-0.05, 0) is 35.9 Å². The van der Waals surface area contributed by atoms with Crippen LogP contribution < -0.4 is 11.1 Å². The number of nitrogen functional groups attached to an aromatic ring is 1. The molecule has 2 aromatic rings. The van der Waals surface area contributed by atoms with Gasteiger partial charge in [0.05, 0.1) is 12.2 Å². The van der Waals surface area contributed by atoms with Gasteiger partial charge in [-0.1, -0.05) is 12.1 Å². The van der Waals surface area contributed by atoms with Gasteiger partial charge in [0.25, 0.3) is 0 Å². The molecule has 0 saturated heterocycles. The van der Waals surface area contributed by atoms with Crippen LogP contribution in [0.1, 0.15) is 10.4 Å². The molecule has 2 rings (SSSR count). The van der Waals surface area contributed by atoms with Gasteiger partial charge in [-0.15, -0.1) is 0 Å². The molecule has 0 heterocycles. The van der Waals surface area contributed by atoms with Crippen molar-refractivity contribution < 1.29 is 14.6 Å². The van der Waals surface area contributed by atoms with E-state index >= 15 is 0 Å². The fourth-order valence-corrected chi connectivity index (χ4v) is 2.03. The molecule has 5 heteroatoms. The van der Waals surface area contributed by atoms with E-state index in [1.165, 1.54) is 0 Å². The number of aromatic carboxylic acids is 1. The van der Waals surface area contributed by atoms with Crippen LogP contribution in [0.25, 0.3) is 11.1 Å². The third-order valence-electron chi connectivity index (χ3n) is 3.11. The number of anilines is 2. The van der Waals surface area contributed by atoms with Gasteiger partial charge in [0.1, 0.15) is 0 Å². The Bertz CT molecular complexity index is 624. The fourth-order valence-electron chi connectivity index (χ4n) is 2.03. The first kappa shape index (κ1) is 14.9. The minimum absolute atomic E-state index is 0.261. The average Bonchev–Trinajstić information content (AvgIpc) is 2.49. The summed E-state index contributed by atoms with van der Waals surface area (Å²) in [5, 5.41) is 12.2. The van der Waals surface area contributed by atoms with Crippen LogP contribution in [0.15, 0.2) is 42.5 Å². The second kappa shape index (κ2) is 6.76. The van der Waals surface area contributed by atoms with Crippen molar-refractivity contribution in [3.8, 4) is 11.1 Å². The van der Waals surface area contributed by atoms with E-state index in [1.807, 2.05) is 18.2 Å². The van der Waals surface area contributed by atoms with Crippen molar-refractivity contribution in [1.29, 1.82) is 0 Å². The van der Waals surface area contributed by atoms with Gasteiger partial charge in [0.15, 0.2) is 0 Å². The number of benzene rings is 2. The first-order valence-electron chi connectivity index (χ1n) is 6.58. The number of methoxy groups -OCH3 is 1. The number of carboxylic acids is 1. The summed E-state index contributed by atoms with van der Waals surface area (Å²) < 4.78 is 5.02. The first-order chi connectivity index (χ1) is 10.1. The molecule has 0 amide bonds. The summed E-state index contributed by atoms with van der Waals surface area (Å²) in [4.78, 5) is 10.9. The molecule has 0 atom stereocenters. The molecule has 0 aliphatic carbocycles. The summed E-state index contributed by atoms with van der Waals surface area (Å²) in [5.74, 6) is -0.937. The van der Waals surface area contributed by atoms with E-state index in [9.17, 15) is 4.79 Å². The number of nitrogens with two attached hydrogens (primary N) is 1. The van der Waals surface area contributed by atoms with Gasteiger partial charge in [0, 0.05) is 30.6 Å². The Hall–Kier alpha value is -2.53. The van der Waals surface area contributed by atoms with Crippen LogP contribution in [0.2, 0.25) is 0 Å². The van der Waals surface area contributed by atoms with E-state index in [-0.39, 0.29) is 5.56 Å². The summed E-state index contributed by atoms with van der Waals surface area (Å²) >= 11 is 0. The largest absolute Gasteiger partial charge is 0.478 e. The molecule has 2 aromatic carbocycles. The highest BCUT2D eigenvalue weighted by Crippen LogP contribution is 2.30. The molecule has 0 radical (unpaired) electrons. The van der Waals surface area contributed by atoms with Gasteiger partial charge in [-0.3, -0.25) is 0 Å². The van der Waals surface area contributed by atoms with Crippen LogP contribution in [0.4, 0.5) is 11.4 Å². The second-order valence-corrected chi connectivity index (χ2v) is 4.61. The normalized spacial score (nSPS) is 10.3. The molecule has 0 bridgehead atoms. The van der Waals surface area contributed by atoms with Crippen molar-refractivity contribution in [3.63, 3.8) is 0 Å². The molecule has 0 aliphatic rings. The highest BCUT2D eigenvalue weighted by Gasteiger charge is 2.07. The Balaban J connectivity index is 2.32. The highest BCUT2D eigenvalue weighted by molar-refractivity contribution is 5.89. The Labute approximate surface area is 123 Å². The number of hydrogen-bond acceptors (Lipinski definition) is 4. The molecular weight excluding hydrogens is 268 g/mol. The zero-order chi connectivity index (χ0) is 15.2. The third-order valence-corrected chi connectivity index (χ3v) is 3.11. The van der Waals surface area contributed by atoms with Crippen molar-refractivity contribution in [3.05, 3.63) is 48.0 Å². The van der Waals surface area contributed by atoms with Crippen molar-refractivity contribution in [2.75, 3.05) is 31.3 Å². The predicted molar refractivity (Wildman–Crippen MR) is 83.6 cm³/mol. The molecule has 0 aliphatic heterocycles. The fraction of sp³-hybridized carbons (Fsp3) is 0.188. The maximum atomic E-state index is 10.9. The topological polar surface area (TPSA) is 84.6 Å². The van der Waals surface area contributed by atoms with E-state index in [0.29, 0.717) is 18.8 Å². The summed E-state index contributed by atoms with van der Waals surface area (Å²) in [6, 6.07) is 12.3. The van der Waals surface area contributed by atoms with Gasteiger partial charge in [-0.25, -0.2) is 4.79 Å². The van der Waals surface area contributed by atoms with E-state index in [1.54, 1.807) is 31.4 Å². The van der Waals surface area contributed by atoms with E-state index < -0.39 is 5.97 Å². The predicted octanol–water partition coefficient (Wildman–Crippen LogP) is 2.69. The lowest BCUT2D eigenvalue weighted by atomic mass is 10.0. The minimum atomic E-state index is -0.937. The first-order valence-corrected chi connectivity index (χ1v) is 6.58. The Morgan fingerprint density at radius 3 is 2.57 bits per heavy atom. The molecule has 110 valence electrons. The SMILES string of the molecule is COCCNc1ccc(N)cc1-c1ccc(C(=O)O)cc1. The van der Waals surface area contributed by atoms with Gasteiger partial charge in [-0.2, -0.15) is 0 Å². The quantitative estimate of drug-likeness (QED) is 0.561.